The van der Waals surface area contributed by atoms with Crippen LogP contribution in [0.3, 0.4) is 0 Å². The predicted molar refractivity (Wildman–Crippen MR) is 82.3 cm³/mol. The van der Waals surface area contributed by atoms with Crippen LogP contribution in [0, 0.1) is 0 Å². The van der Waals surface area contributed by atoms with Crippen molar-refractivity contribution >= 4 is 25.6 Å². The number of nitrogens with one attached hydrogen (secondary N) is 1. The van der Waals surface area contributed by atoms with Crippen molar-refractivity contribution in [3.63, 3.8) is 0 Å². The van der Waals surface area contributed by atoms with E-state index in [-0.39, 0.29) is 16.8 Å². The fraction of sp³-hybridized carbons (Fsp3) is 0.500. The van der Waals surface area contributed by atoms with Gasteiger partial charge < -0.3 is 10.1 Å². The Morgan fingerprint density at radius 2 is 2.05 bits per heavy atom. The Morgan fingerprint density at radius 1 is 1.38 bits per heavy atom. The molecule has 1 rings (SSSR count). The van der Waals surface area contributed by atoms with Crippen LogP contribution in [0.2, 0.25) is 0 Å². The van der Waals surface area contributed by atoms with E-state index in [4.69, 9.17) is 15.4 Å². The van der Waals surface area contributed by atoms with Crippen LogP contribution < -0.4 is 5.32 Å². The monoisotopic (exact) mass is 333 g/mol. The van der Waals surface area contributed by atoms with E-state index in [2.05, 4.69) is 5.32 Å². The summed E-state index contributed by atoms with van der Waals surface area (Å²) in [6.07, 6.45) is 0.616. The van der Waals surface area contributed by atoms with Crippen molar-refractivity contribution in [1.29, 1.82) is 0 Å². The van der Waals surface area contributed by atoms with E-state index >= 15 is 0 Å². The number of aryl methyl sites for hydroxylation is 1. The molecule has 0 aliphatic heterocycles. The van der Waals surface area contributed by atoms with Gasteiger partial charge in [0.25, 0.3) is 15.0 Å². The molecule has 0 aliphatic carbocycles. The minimum atomic E-state index is -3.86. The fourth-order valence-electron chi connectivity index (χ4n) is 1.86. The molecule has 0 bridgehead atoms. The van der Waals surface area contributed by atoms with Gasteiger partial charge in [0.15, 0.2) is 0 Å². The molecule has 0 fully saturated rings. The van der Waals surface area contributed by atoms with Gasteiger partial charge in [0.05, 0.1) is 11.5 Å². The summed E-state index contributed by atoms with van der Waals surface area (Å²) in [6, 6.07) is 4.15. The van der Waals surface area contributed by atoms with Gasteiger partial charge in [-0.25, -0.2) is 8.42 Å². The lowest BCUT2D eigenvalue weighted by molar-refractivity contribution is 0.0871. The summed E-state index contributed by atoms with van der Waals surface area (Å²) in [5, 5.41) is 2.78. The average Bonchev–Trinajstić information content (AvgIpc) is 2.43. The maximum absolute atomic E-state index is 12.3. The maximum Gasteiger partial charge on any atom is 0.261 e. The second-order valence-electron chi connectivity index (χ2n) is 4.64. The number of hydrogen-bond acceptors (Lipinski definition) is 4. The van der Waals surface area contributed by atoms with Crippen molar-refractivity contribution in [1.82, 2.24) is 5.32 Å². The fourth-order valence-corrected chi connectivity index (χ4v) is 2.64. The SMILES string of the molecule is CCOCC(C)NC(=O)c1cc(S(=O)(=O)Cl)ccc1CC. The Morgan fingerprint density at radius 3 is 2.57 bits per heavy atom. The molecule has 21 heavy (non-hydrogen) atoms. The van der Waals surface area contributed by atoms with Crippen molar-refractivity contribution in [3.8, 4) is 0 Å². The zero-order valence-electron chi connectivity index (χ0n) is 12.3. The number of halogens is 1. The van der Waals surface area contributed by atoms with E-state index in [9.17, 15) is 13.2 Å². The first-order valence-corrected chi connectivity index (χ1v) is 9.06. The molecule has 0 saturated heterocycles. The third kappa shape index (κ3) is 5.30. The molecule has 1 aromatic rings. The van der Waals surface area contributed by atoms with Crippen LogP contribution in [0.5, 0.6) is 0 Å². The second-order valence-corrected chi connectivity index (χ2v) is 7.21. The molecule has 5 nitrogen and oxygen atoms in total. The molecular formula is C14H20ClNO4S. The molecule has 0 spiro atoms. The first kappa shape index (κ1) is 17.9. The Balaban J connectivity index is 3.01. The van der Waals surface area contributed by atoms with Gasteiger partial charge in [0, 0.05) is 28.9 Å². The van der Waals surface area contributed by atoms with Gasteiger partial charge in [0.2, 0.25) is 0 Å². The summed E-state index contributed by atoms with van der Waals surface area (Å²) in [6.45, 7) is 6.56. The quantitative estimate of drug-likeness (QED) is 0.777. The van der Waals surface area contributed by atoms with Crippen LogP contribution in [-0.2, 0) is 20.2 Å². The van der Waals surface area contributed by atoms with Crippen molar-refractivity contribution in [2.75, 3.05) is 13.2 Å². The first-order valence-electron chi connectivity index (χ1n) is 6.75. The van der Waals surface area contributed by atoms with Gasteiger partial charge in [-0.3, -0.25) is 4.79 Å². The van der Waals surface area contributed by atoms with Gasteiger partial charge in [0.1, 0.15) is 0 Å². The minimum absolute atomic E-state index is 0.0797. The molecule has 1 amide bonds. The molecule has 0 heterocycles. The van der Waals surface area contributed by atoms with Crippen LogP contribution in [0.1, 0.15) is 36.7 Å². The summed E-state index contributed by atoms with van der Waals surface area (Å²) >= 11 is 0. The maximum atomic E-state index is 12.3. The number of amides is 1. The summed E-state index contributed by atoms with van der Waals surface area (Å²) in [7, 11) is 1.47. The average molecular weight is 334 g/mol. The first-order chi connectivity index (χ1) is 9.79. The number of benzene rings is 1. The molecule has 0 aliphatic rings. The zero-order chi connectivity index (χ0) is 16.0. The number of ether oxygens (including phenoxy) is 1. The summed E-state index contributed by atoms with van der Waals surface area (Å²) in [4.78, 5) is 12.2. The minimum Gasteiger partial charge on any atom is -0.380 e. The molecule has 1 atom stereocenters. The van der Waals surface area contributed by atoms with Crippen molar-refractivity contribution in [2.24, 2.45) is 0 Å². The van der Waals surface area contributed by atoms with E-state index in [1.165, 1.54) is 12.1 Å². The summed E-state index contributed by atoms with van der Waals surface area (Å²) in [5.74, 6) is -0.332. The zero-order valence-corrected chi connectivity index (χ0v) is 13.9. The van der Waals surface area contributed by atoms with Gasteiger partial charge in [-0.05, 0) is 38.0 Å². The predicted octanol–water partition coefficient (Wildman–Crippen LogP) is 2.33. The van der Waals surface area contributed by atoms with Crippen LogP contribution in [0.4, 0.5) is 0 Å². The van der Waals surface area contributed by atoms with Gasteiger partial charge in [-0.2, -0.15) is 0 Å². The molecular weight excluding hydrogens is 314 g/mol. The highest BCUT2D eigenvalue weighted by atomic mass is 35.7. The third-order valence-electron chi connectivity index (χ3n) is 2.94. The molecule has 1 aromatic carbocycles. The van der Waals surface area contributed by atoms with Crippen LogP contribution >= 0.6 is 10.7 Å². The van der Waals surface area contributed by atoms with Crippen molar-refractivity contribution in [2.45, 2.75) is 38.1 Å². The lowest BCUT2D eigenvalue weighted by Gasteiger charge is -2.15. The smallest absolute Gasteiger partial charge is 0.261 e. The van der Waals surface area contributed by atoms with E-state index in [1.54, 1.807) is 6.07 Å². The van der Waals surface area contributed by atoms with Gasteiger partial charge in [-0.1, -0.05) is 13.0 Å². The molecule has 118 valence electrons. The lowest BCUT2D eigenvalue weighted by atomic mass is 10.0. The molecule has 0 saturated carbocycles. The second kappa shape index (κ2) is 7.77. The van der Waals surface area contributed by atoms with E-state index in [1.807, 2.05) is 20.8 Å². The summed E-state index contributed by atoms with van der Waals surface area (Å²) < 4.78 is 28.0. The molecule has 1 N–H and O–H groups in total. The third-order valence-corrected chi connectivity index (χ3v) is 4.29. The van der Waals surface area contributed by atoms with Crippen LogP contribution in [-0.4, -0.2) is 33.6 Å². The van der Waals surface area contributed by atoms with Crippen LogP contribution in [0.15, 0.2) is 23.1 Å². The van der Waals surface area contributed by atoms with E-state index in [0.717, 1.165) is 5.56 Å². The normalized spacial score (nSPS) is 13.0. The number of rotatable bonds is 7. The standard InChI is InChI=1S/C14H20ClNO4S/c1-4-11-6-7-12(21(15,18)19)8-13(11)14(17)16-10(3)9-20-5-2/h6-8,10H,4-5,9H2,1-3H3,(H,16,17). The Labute approximate surface area is 130 Å². The Hall–Kier alpha value is -1.11. The highest BCUT2D eigenvalue weighted by Gasteiger charge is 2.18. The topological polar surface area (TPSA) is 72.5 Å². The van der Waals surface area contributed by atoms with Gasteiger partial charge >= 0.3 is 0 Å². The number of carbonyl (C=O) groups excluding carboxylic acids is 1. The largest absolute Gasteiger partial charge is 0.380 e. The van der Waals surface area contributed by atoms with Crippen molar-refractivity contribution in [3.05, 3.63) is 29.3 Å². The number of hydrogen-bond donors (Lipinski definition) is 1. The van der Waals surface area contributed by atoms with Crippen LogP contribution in [0.25, 0.3) is 0 Å². The Bertz CT molecular complexity index is 601. The molecule has 7 heteroatoms. The molecule has 1 unspecified atom stereocenters. The highest BCUT2D eigenvalue weighted by molar-refractivity contribution is 8.13. The van der Waals surface area contributed by atoms with E-state index in [0.29, 0.717) is 25.2 Å². The highest BCUT2D eigenvalue weighted by Crippen LogP contribution is 2.20. The van der Waals surface area contributed by atoms with E-state index < -0.39 is 9.05 Å². The molecule has 0 aromatic heterocycles. The van der Waals surface area contributed by atoms with Gasteiger partial charge in [-0.15, -0.1) is 0 Å². The number of carbonyl (C=O) groups is 1. The molecule has 0 radical (unpaired) electrons. The van der Waals surface area contributed by atoms with Crippen molar-refractivity contribution < 1.29 is 17.9 Å². The summed E-state index contributed by atoms with van der Waals surface area (Å²) in [5.41, 5.74) is 1.09. The lowest BCUT2D eigenvalue weighted by Crippen LogP contribution is -2.36. The Kier molecular flexibility index (Phi) is 6.64.